The van der Waals surface area contributed by atoms with Crippen LogP contribution in [0.3, 0.4) is 0 Å². The first-order valence-electron chi connectivity index (χ1n) is 7.64. The first kappa shape index (κ1) is 17.5. The van der Waals surface area contributed by atoms with Gasteiger partial charge in [-0.15, -0.1) is 0 Å². The van der Waals surface area contributed by atoms with E-state index in [0.29, 0.717) is 11.3 Å². The number of hydrogen-bond acceptors (Lipinski definition) is 5. The van der Waals surface area contributed by atoms with Crippen molar-refractivity contribution in [1.29, 1.82) is 0 Å². The topological polar surface area (TPSA) is 61.8 Å². The van der Waals surface area contributed by atoms with Gasteiger partial charge in [-0.05, 0) is 42.3 Å². The molecule has 24 heavy (non-hydrogen) atoms. The number of benzene rings is 2. The Hall–Kier alpha value is -2.82. The van der Waals surface area contributed by atoms with Crippen molar-refractivity contribution in [3.05, 3.63) is 54.6 Å². The molecule has 0 amide bonds. The quantitative estimate of drug-likeness (QED) is 0.576. The van der Waals surface area contributed by atoms with Crippen LogP contribution in [0.2, 0.25) is 0 Å². The van der Waals surface area contributed by atoms with E-state index >= 15 is 0 Å². The van der Waals surface area contributed by atoms with Crippen LogP contribution in [0.1, 0.15) is 13.8 Å². The van der Waals surface area contributed by atoms with Crippen LogP contribution in [0.5, 0.6) is 5.75 Å². The summed E-state index contributed by atoms with van der Waals surface area (Å²) in [7, 11) is 0. The molecule has 0 saturated heterocycles. The van der Waals surface area contributed by atoms with Gasteiger partial charge in [0.2, 0.25) is 6.10 Å². The van der Waals surface area contributed by atoms with E-state index in [9.17, 15) is 9.59 Å². The lowest BCUT2D eigenvalue weighted by Crippen LogP contribution is -2.32. The molecule has 0 aliphatic rings. The highest BCUT2D eigenvalue weighted by Gasteiger charge is 2.25. The van der Waals surface area contributed by atoms with Gasteiger partial charge in [0.15, 0.2) is 6.61 Å². The molecule has 1 atom stereocenters. The van der Waals surface area contributed by atoms with Crippen LogP contribution in [-0.4, -0.2) is 31.3 Å². The fraction of sp³-hybridized carbons (Fsp3) is 0.263. The average molecular weight is 328 g/mol. The molecule has 2 aromatic carbocycles. The Morgan fingerprint density at radius 3 is 2.50 bits per heavy atom. The van der Waals surface area contributed by atoms with Crippen LogP contribution in [0.4, 0.5) is 0 Å². The SMILES string of the molecule is C=C(C)C(OC(=O)COc1ccc2ccccc2c1)C(=O)OCC. The highest BCUT2D eigenvalue weighted by Crippen LogP contribution is 2.20. The highest BCUT2D eigenvalue weighted by atomic mass is 16.6. The van der Waals surface area contributed by atoms with Crippen molar-refractivity contribution >= 4 is 22.7 Å². The summed E-state index contributed by atoms with van der Waals surface area (Å²) in [6.45, 7) is 6.82. The normalized spacial score (nSPS) is 11.6. The molecule has 2 aromatic rings. The van der Waals surface area contributed by atoms with Gasteiger partial charge in [0, 0.05) is 0 Å². The monoisotopic (exact) mass is 328 g/mol. The predicted octanol–water partition coefficient (Wildman–Crippen LogP) is 3.27. The third kappa shape index (κ3) is 4.59. The maximum absolute atomic E-state index is 11.9. The summed E-state index contributed by atoms with van der Waals surface area (Å²) in [5.74, 6) is -0.748. The van der Waals surface area contributed by atoms with Crippen molar-refractivity contribution in [2.24, 2.45) is 0 Å². The minimum absolute atomic E-state index is 0.202. The summed E-state index contributed by atoms with van der Waals surface area (Å²) in [6, 6.07) is 13.3. The van der Waals surface area contributed by atoms with E-state index < -0.39 is 18.0 Å². The summed E-state index contributed by atoms with van der Waals surface area (Å²) < 4.78 is 15.4. The Kier molecular flexibility index (Phi) is 5.95. The van der Waals surface area contributed by atoms with Gasteiger partial charge in [-0.1, -0.05) is 36.9 Å². The largest absolute Gasteiger partial charge is 0.482 e. The lowest BCUT2D eigenvalue weighted by molar-refractivity contribution is -0.166. The molecule has 1 unspecified atom stereocenters. The maximum atomic E-state index is 11.9. The van der Waals surface area contributed by atoms with Crippen molar-refractivity contribution in [3.8, 4) is 5.75 Å². The molecule has 0 aliphatic carbocycles. The van der Waals surface area contributed by atoms with Crippen molar-refractivity contribution < 1.29 is 23.8 Å². The number of rotatable bonds is 7. The van der Waals surface area contributed by atoms with E-state index in [0.717, 1.165) is 10.8 Å². The van der Waals surface area contributed by atoms with E-state index in [-0.39, 0.29) is 13.2 Å². The van der Waals surface area contributed by atoms with Gasteiger partial charge in [0.05, 0.1) is 6.61 Å². The molecule has 126 valence electrons. The fourth-order valence-corrected chi connectivity index (χ4v) is 2.13. The lowest BCUT2D eigenvalue weighted by atomic mass is 10.1. The Bertz CT molecular complexity index is 750. The Morgan fingerprint density at radius 1 is 1.12 bits per heavy atom. The minimum Gasteiger partial charge on any atom is -0.482 e. The summed E-state index contributed by atoms with van der Waals surface area (Å²) in [5.41, 5.74) is 0.396. The Labute approximate surface area is 140 Å². The molecule has 0 radical (unpaired) electrons. The van der Waals surface area contributed by atoms with Crippen molar-refractivity contribution in [2.75, 3.05) is 13.2 Å². The van der Waals surface area contributed by atoms with Crippen LogP contribution in [0.15, 0.2) is 54.6 Å². The minimum atomic E-state index is -1.11. The summed E-state index contributed by atoms with van der Waals surface area (Å²) in [6.07, 6.45) is -1.11. The van der Waals surface area contributed by atoms with Crippen LogP contribution in [0.25, 0.3) is 10.8 Å². The second-order valence-electron chi connectivity index (χ2n) is 5.27. The molecular weight excluding hydrogens is 308 g/mol. The van der Waals surface area contributed by atoms with Crippen LogP contribution in [-0.2, 0) is 19.1 Å². The first-order valence-corrected chi connectivity index (χ1v) is 7.64. The molecule has 0 bridgehead atoms. The zero-order valence-electron chi connectivity index (χ0n) is 13.8. The predicted molar refractivity (Wildman–Crippen MR) is 90.8 cm³/mol. The second kappa shape index (κ2) is 8.15. The maximum Gasteiger partial charge on any atom is 0.351 e. The summed E-state index contributed by atoms with van der Waals surface area (Å²) in [4.78, 5) is 23.6. The molecule has 0 aliphatic heterocycles. The van der Waals surface area contributed by atoms with E-state index in [1.807, 2.05) is 36.4 Å². The van der Waals surface area contributed by atoms with Crippen LogP contribution in [0, 0.1) is 0 Å². The first-order chi connectivity index (χ1) is 11.5. The third-order valence-electron chi connectivity index (χ3n) is 3.28. The van der Waals surface area contributed by atoms with Crippen molar-refractivity contribution in [3.63, 3.8) is 0 Å². The number of carbonyl (C=O) groups excluding carboxylic acids is 2. The molecule has 0 N–H and O–H groups in total. The number of fused-ring (bicyclic) bond motifs is 1. The lowest BCUT2D eigenvalue weighted by Gasteiger charge is -2.16. The van der Waals surface area contributed by atoms with Crippen molar-refractivity contribution in [2.45, 2.75) is 20.0 Å². The molecular formula is C19H20O5. The number of ether oxygens (including phenoxy) is 3. The van der Waals surface area contributed by atoms with E-state index in [1.165, 1.54) is 0 Å². The number of hydrogen-bond donors (Lipinski definition) is 0. The fourth-order valence-electron chi connectivity index (χ4n) is 2.13. The Morgan fingerprint density at radius 2 is 1.83 bits per heavy atom. The van der Waals surface area contributed by atoms with E-state index in [2.05, 4.69) is 6.58 Å². The Balaban J connectivity index is 1.95. The molecule has 0 fully saturated rings. The van der Waals surface area contributed by atoms with Gasteiger partial charge in [-0.3, -0.25) is 0 Å². The number of esters is 2. The summed E-state index contributed by atoms with van der Waals surface area (Å²) >= 11 is 0. The average Bonchev–Trinajstić information content (AvgIpc) is 2.57. The van der Waals surface area contributed by atoms with E-state index in [4.69, 9.17) is 14.2 Å². The smallest absolute Gasteiger partial charge is 0.351 e. The zero-order chi connectivity index (χ0) is 17.5. The van der Waals surface area contributed by atoms with Crippen LogP contribution < -0.4 is 4.74 Å². The highest BCUT2D eigenvalue weighted by molar-refractivity contribution is 5.84. The van der Waals surface area contributed by atoms with Gasteiger partial charge in [-0.2, -0.15) is 0 Å². The molecule has 5 nitrogen and oxygen atoms in total. The van der Waals surface area contributed by atoms with Crippen LogP contribution >= 0.6 is 0 Å². The van der Waals surface area contributed by atoms with Gasteiger partial charge >= 0.3 is 11.9 Å². The van der Waals surface area contributed by atoms with E-state index in [1.54, 1.807) is 19.9 Å². The van der Waals surface area contributed by atoms with Gasteiger partial charge < -0.3 is 14.2 Å². The van der Waals surface area contributed by atoms with Crippen molar-refractivity contribution in [1.82, 2.24) is 0 Å². The zero-order valence-corrected chi connectivity index (χ0v) is 13.8. The third-order valence-corrected chi connectivity index (χ3v) is 3.28. The number of carbonyl (C=O) groups is 2. The molecule has 0 spiro atoms. The standard InChI is InChI=1S/C19H20O5/c1-4-22-19(21)18(13(2)3)24-17(20)12-23-16-10-9-14-7-5-6-8-15(14)11-16/h5-11,18H,2,4,12H2,1,3H3. The molecule has 0 saturated carbocycles. The van der Waals surface area contributed by atoms with Gasteiger partial charge in [-0.25, -0.2) is 9.59 Å². The van der Waals surface area contributed by atoms with Gasteiger partial charge in [0.1, 0.15) is 5.75 Å². The summed E-state index contributed by atoms with van der Waals surface area (Å²) in [5, 5.41) is 2.09. The van der Waals surface area contributed by atoms with Gasteiger partial charge in [0.25, 0.3) is 0 Å². The molecule has 0 aromatic heterocycles. The molecule has 2 rings (SSSR count). The second-order valence-corrected chi connectivity index (χ2v) is 5.27. The molecule has 5 heteroatoms. The molecule has 0 heterocycles.